The van der Waals surface area contributed by atoms with E-state index in [4.69, 9.17) is 10.8 Å². The van der Waals surface area contributed by atoms with Gasteiger partial charge in [-0.15, -0.1) is 0 Å². The number of non-ortho nitro benzene ring substituents is 1. The number of nitrogens with two attached hydrogens (primary N) is 1. The highest BCUT2D eigenvalue weighted by atomic mass is 16.6. The van der Waals surface area contributed by atoms with Gasteiger partial charge >= 0.3 is 5.97 Å². The lowest BCUT2D eigenvalue weighted by Crippen LogP contribution is -2.07. The second kappa shape index (κ2) is 8.65. The smallest absolute Gasteiger partial charge is 0.310 e. The van der Waals surface area contributed by atoms with Gasteiger partial charge in [-0.3, -0.25) is 14.9 Å². The van der Waals surface area contributed by atoms with Crippen molar-refractivity contribution in [1.82, 2.24) is 0 Å². The maximum atomic E-state index is 10.6. The van der Waals surface area contributed by atoms with Gasteiger partial charge in [-0.05, 0) is 25.0 Å². The van der Waals surface area contributed by atoms with Crippen molar-refractivity contribution in [3.05, 3.63) is 75.8 Å². The summed E-state index contributed by atoms with van der Waals surface area (Å²) in [5.74, 6) is -1.59. The van der Waals surface area contributed by atoms with E-state index >= 15 is 0 Å². The van der Waals surface area contributed by atoms with Crippen molar-refractivity contribution in [2.75, 3.05) is 0 Å². The van der Waals surface area contributed by atoms with Crippen LogP contribution in [0.5, 0.6) is 0 Å². The molecule has 6 heteroatoms. The number of carbonyl (C=O) groups is 1. The molecule has 0 bridgehead atoms. The third-order valence-electron chi connectivity index (χ3n) is 3.30. The molecule has 0 fully saturated rings. The first kappa shape index (κ1) is 18.3. The summed E-state index contributed by atoms with van der Waals surface area (Å²) >= 11 is 0. The number of hydrogen-bond donors (Lipinski definition) is 2. The molecule has 0 unspecified atom stereocenters. The third-order valence-corrected chi connectivity index (χ3v) is 3.30. The molecule has 6 nitrogen and oxygen atoms in total. The van der Waals surface area contributed by atoms with Crippen LogP contribution in [0.1, 0.15) is 36.9 Å². The number of rotatable bonds is 4. The van der Waals surface area contributed by atoms with Gasteiger partial charge in [0.1, 0.15) is 0 Å². The fourth-order valence-electron chi connectivity index (χ4n) is 1.78. The molecule has 2 aromatic rings. The lowest BCUT2D eigenvalue weighted by molar-refractivity contribution is -0.384. The molecule has 2 aromatic carbocycles. The van der Waals surface area contributed by atoms with E-state index in [1.165, 1.54) is 36.8 Å². The van der Waals surface area contributed by atoms with Crippen LogP contribution in [0.2, 0.25) is 0 Å². The Bertz CT molecular complexity index is 639. The lowest BCUT2D eigenvalue weighted by atomic mass is 10.0. The van der Waals surface area contributed by atoms with E-state index in [1.54, 1.807) is 0 Å². The Kier molecular flexibility index (Phi) is 6.89. The predicted molar refractivity (Wildman–Crippen MR) is 88.2 cm³/mol. The number of nitro groups is 1. The summed E-state index contributed by atoms with van der Waals surface area (Å²) in [6.07, 6.45) is 0. The van der Waals surface area contributed by atoms with E-state index in [1.807, 2.05) is 37.3 Å². The standard InChI is InChI=1S/C9H9NO4.C8H11N/c1-6(9(11)12)7-2-4-8(5-3-7)10(13)14;1-7(9)8-5-3-2-4-6-8/h2-6H,1H3,(H,11,12);2-7H,9H2,1H3/t6-;7-/m10/s1. The first-order chi connectivity index (χ1) is 10.8. The number of nitro benzene ring substituents is 1. The van der Waals surface area contributed by atoms with Crippen LogP contribution in [-0.4, -0.2) is 16.0 Å². The SMILES string of the molecule is C[C@@H](C(=O)O)c1ccc([N+](=O)[O-])cc1.C[C@H](N)c1ccccc1. The predicted octanol–water partition coefficient (Wildman–Crippen LogP) is 3.49. The highest BCUT2D eigenvalue weighted by Gasteiger charge is 2.14. The summed E-state index contributed by atoms with van der Waals surface area (Å²) in [5.41, 5.74) is 7.33. The molecular weight excluding hydrogens is 296 g/mol. The average molecular weight is 316 g/mol. The van der Waals surface area contributed by atoms with Crippen LogP contribution in [0.25, 0.3) is 0 Å². The van der Waals surface area contributed by atoms with Crippen molar-refractivity contribution < 1.29 is 14.8 Å². The Morgan fingerprint density at radius 2 is 1.57 bits per heavy atom. The van der Waals surface area contributed by atoms with Crippen LogP contribution in [0.15, 0.2) is 54.6 Å². The molecule has 0 saturated heterocycles. The van der Waals surface area contributed by atoms with Crippen molar-refractivity contribution in [3.8, 4) is 0 Å². The van der Waals surface area contributed by atoms with Crippen LogP contribution in [0.4, 0.5) is 5.69 Å². The first-order valence-electron chi connectivity index (χ1n) is 7.10. The molecule has 0 aliphatic heterocycles. The van der Waals surface area contributed by atoms with Crippen LogP contribution in [0.3, 0.4) is 0 Å². The van der Waals surface area contributed by atoms with Crippen molar-refractivity contribution in [3.63, 3.8) is 0 Å². The van der Waals surface area contributed by atoms with E-state index in [-0.39, 0.29) is 11.7 Å². The zero-order chi connectivity index (χ0) is 17.4. The van der Waals surface area contributed by atoms with Gasteiger partial charge in [0.15, 0.2) is 0 Å². The number of carboxylic acid groups (broad SMARTS) is 1. The molecule has 0 aliphatic rings. The molecule has 0 aromatic heterocycles. The van der Waals surface area contributed by atoms with Gasteiger partial charge in [-0.25, -0.2) is 0 Å². The molecule has 23 heavy (non-hydrogen) atoms. The summed E-state index contributed by atoms with van der Waals surface area (Å²) < 4.78 is 0. The zero-order valence-corrected chi connectivity index (χ0v) is 13.0. The molecule has 122 valence electrons. The second-order valence-electron chi connectivity index (χ2n) is 5.11. The topological polar surface area (TPSA) is 106 Å². The van der Waals surface area contributed by atoms with E-state index in [0.717, 1.165) is 0 Å². The largest absolute Gasteiger partial charge is 0.481 e. The molecular formula is C17H20N2O4. The minimum Gasteiger partial charge on any atom is -0.481 e. The highest BCUT2D eigenvalue weighted by Crippen LogP contribution is 2.19. The highest BCUT2D eigenvalue weighted by molar-refractivity contribution is 5.75. The van der Waals surface area contributed by atoms with Crippen molar-refractivity contribution in [2.24, 2.45) is 5.73 Å². The number of carboxylic acids is 1. The monoisotopic (exact) mass is 316 g/mol. The van der Waals surface area contributed by atoms with Crippen LogP contribution in [0, 0.1) is 10.1 Å². The molecule has 0 amide bonds. The summed E-state index contributed by atoms with van der Waals surface area (Å²) in [7, 11) is 0. The fourth-order valence-corrected chi connectivity index (χ4v) is 1.78. The zero-order valence-electron chi connectivity index (χ0n) is 13.0. The second-order valence-corrected chi connectivity index (χ2v) is 5.11. The van der Waals surface area contributed by atoms with Crippen molar-refractivity contribution in [2.45, 2.75) is 25.8 Å². The minimum absolute atomic E-state index is 0.0358. The molecule has 2 rings (SSSR count). The molecule has 0 aliphatic carbocycles. The molecule has 0 heterocycles. The van der Waals surface area contributed by atoms with Gasteiger partial charge in [0.25, 0.3) is 5.69 Å². The number of nitrogens with zero attached hydrogens (tertiary/aromatic N) is 1. The molecule has 0 spiro atoms. The number of aliphatic carboxylic acids is 1. The van der Waals surface area contributed by atoms with E-state index in [2.05, 4.69) is 0 Å². The van der Waals surface area contributed by atoms with Gasteiger partial charge in [0, 0.05) is 18.2 Å². The van der Waals surface area contributed by atoms with Crippen molar-refractivity contribution >= 4 is 11.7 Å². The average Bonchev–Trinajstić information content (AvgIpc) is 2.55. The normalized spacial score (nSPS) is 12.5. The number of hydrogen-bond acceptors (Lipinski definition) is 4. The van der Waals surface area contributed by atoms with E-state index in [9.17, 15) is 14.9 Å². The Morgan fingerprint density at radius 3 is 1.91 bits per heavy atom. The first-order valence-corrected chi connectivity index (χ1v) is 7.10. The molecule has 2 atom stereocenters. The third kappa shape index (κ3) is 5.88. The Balaban J connectivity index is 0.000000253. The summed E-state index contributed by atoms with van der Waals surface area (Å²) in [6, 6.07) is 15.7. The Hall–Kier alpha value is -2.73. The maximum Gasteiger partial charge on any atom is 0.310 e. The van der Waals surface area contributed by atoms with Gasteiger partial charge in [0.2, 0.25) is 0 Å². The fraction of sp³-hybridized carbons (Fsp3) is 0.235. The van der Waals surface area contributed by atoms with Gasteiger partial charge in [-0.1, -0.05) is 42.5 Å². The Morgan fingerprint density at radius 1 is 1.04 bits per heavy atom. The molecule has 0 radical (unpaired) electrons. The minimum atomic E-state index is -0.946. The van der Waals surface area contributed by atoms with Crippen LogP contribution in [-0.2, 0) is 4.79 Å². The van der Waals surface area contributed by atoms with Crippen LogP contribution >= 0.6 is 0 Å². The lowest BCUT2D eigenvalue weighted by Gasteiger charge is -2.04. The Labute approximate surface area is 134 Å². The van der Waals surface area contributed by atoms with Gasteiger partial charge < -0.3 is 10.8 Å². The van der Waals surface area contributed by atoms with E-state index < -0.39 is 16.8 Å². The van der Waals surface area contributed by atoms with Crippen molar-refractivity contribution in [1.29, 1.82) is 0 Å². The van der Waals surface area contributed by atoms with Gasteiger partial charge in [-0.2, -0.15) is 0 Å². The van der Waals surface area contributed by atoms with E-state index in [0.29, 0.717) is 5.56 Å². The van der Waals surface area contributed by atoms with Crippen LogP contribution < -0.4 is 5.73 Å². The number of benzene rings is 2. The maximum absolute atomic E-state index is 10.6. The summed E-state index contributed by atoms with van der Waals surface area (Å²) in [6.45, 7) is 3.51. The summed E-state index contributed by atoms with van der Waals surface area (Å²) in [5, 5.41) is 19.0. The molecule has 0 saturated carbocycles. The molecule has 3 N–H and O–H groups in total. The summed E-state index contributed by atoms with van der Waals surface area (Å²) in [4.78, 5) is 20.4. The quantitative estimate of drug-likeness (QED) is 0.663. The van der Waals surface area contributed by atoms with Gasteiger partial charge in [0.05, 0.1) is 10.8 Å².